The second kappa shape index (κ2) is 4.63. The van der Waals surface area contributed by atoms with Crippen LogP contribution in [0.2, 0.25) is 5.02 Å². The first kappa shape index (κ1) is 11.7. The van der Waals surface area contributed by atoms with E-state index in [-0.39, 0.29) is 22.8 Å². The van der Waals surface area contributed by atoms with Gasteiger partial charge in [-0.25, -0.2) is 0 Å². The normalized spacial score (nSPS) is 13.2. The van der Waals surface area contributed by atoms with Crippen LogP contribution < -0.4 is 9.47 Å². The van der Waals surface area contributed by atoms with Gasteiger partial charge in [-0.3, -0.25) is 9.59 Å². The smallest absolute Gasteiger partial charge is 0.307 e. The van der Waals surface area contributed by atoms with Gasteiger partial charge in [0.15, 0.2) is 17.8 Å². The van der Waals surface area contributed by atoms with Crippen molar-refractivity contribution < 1.29 is 24.2 Å². The molecule has 1 heterocycles. The van der Waals surface area contributed by atoms with E-state index in [0.717, 1.165) is 0 Å². The number of halogens is 1. The molecule has 0 fully saturated rings. The quantitative estimate of drug-likeness (QED) is 0.831. The van der Waals surface area contributed by atoms with E-state index in [0.29, 0.717) is 30.8 Å². The van der Waals surface area contributed by atoms with Crippen LogP contribution in [0.1, 0.15) is 15.9 Å². The standard InChI is InChI=1S/C11H9ClO5/c12-8-3-6(4-9(14)15)10-11(7(8)5-13)17-2-1-16-10/h3,5H,1-2,4H2,(H,14,15). The average molecular weight is 257 g/mol. The first-order valence-corrected chi connectivity index (χ1v) is 5.29. The molecule has 1 aromatic rings. The number of carbonyl (C=O) groups is 2. The van der Waals surface area contributed by atoms with E-state index in [4.69, 9.17) is 26.2 Å². The number of aldehydes is 1. The Morgan fingerprint density at radius 1 is 1.41 bits per heavy atom. The Kier molecular flexibility index (Phi) is 3.19. The number of carboxylic acid groups (broad SMARTS) is 1. The molecular weight excluding hydrogens is 248 g/mol. The minimum absolute atomic E-state index is 0.167. The second-order valence-electron chi connectivity index (χ2n) is 3.47. The van der Waals surface area contributed by atoms with Gasteiger partial charge in [0, 0.05) is 5.56 Å². The van der Waals surface area contributed by atoms with E-state index in [1.165, 1.54) is 6.07 Å². The molecule has 5 nitrogen and oxygen atoms in total. The van der Waals surface area contributed by atoms with Crippen LogP contribution in [-0.2, 0) is 11.2 Å². The van der Waals surface area contributed by atoms with Crippen molar-refractivity contribution in [3.63, 3.8) is 0 Å². The monoisotopic (exact) mass is 256 g/mol. The Bertz CT molecular complexity index is 483. The van der Waals surface area contributed by atoms with Crippen LogP contribution in [0.4, 0.5) is 0 Å². The third-order valence-corrected chi connectivity index (χ3v) is 2.65. The maximum Gasteiger partial charge on any atom is 0.307 e. The highest BCUT2D eigenvalue weighted by Gasteiger charge is 2.23. The number of hydrogen-bond donors (Lipinski definition) is 1. The molecule has 0 amide bonds. The van der Waals surface area contributed by atoms with Gasteiger partial charge in [-0.2, -0.15) is 0 Å². The van der Waals surface area contributed by atoms with Crippen LogP contribution in [0.5, 0.6) is 11.5 Å². The summed E-state index contributed by atoms with van der Waals surface area (Å²) in [7, 11) is 0. The molecule has 0 saturated carbocycles. The number of carbonyl (C=O) groups excluding carboxylic acids is 1. The fraction of sp³-hybridized carbons (Fsp3) is 0.273. The molecule has 1 N–H and O–H groups in total. The van der Waals surface area contributed by atoms with E-state index in [2.05, 4.69) is 0 Å². The van der Waals surface area contributed by atoms with Gasteiger partial charge in [-0.15, -0.1) is 0 Å². The lowest BCUT2D eigenvalue weighted by Gasteiger charge is -2.22. The molecular formula is C11H9ClO5. The van der Waals surface area contributed by atoms with Crippen molar-refractivity contribution in [2.45, 2.75) is 6.42 Å². The number of carboxylic acids is 1. The zero-order valence-corrected chi connectivity index (χ0v) is 9.49. The highest BCUT2D eigenvalue weighted by atomic mass is 35.5. The summed E-state index contributed by atoms with van der Waals surface area (Å²) in [5.41, 5.74) is 0.596. The van der Waals surface area contributed by atoms with Crippen molar-refractivity contribution >= 4 is 23.9 Å². The fourth-order valence-corrected chi connectivity index (χ4v) is 1.93. The van der Waals surface area contributed by atoms with Gasteiger partial charge in [-0.05, 0) is 6.07 Å². The van der Waals surface area contributed by atoms with Crippen molar-refractivity contribution in [1.29, 1.82) is 0 Å². The maximum atomic E-state index is 10.9. The zero-order chi connectivity index (χ0) is 12.4. The molecule has 0 spiro atoms. The van der Waals surface area contributed by atoms with E-state index in [1.807, 2.05) is 0 Å². The summed E-state index contributed by atoms with van der Waals surface area (Å²) in [6, 6.07) is 1.42. The molecule has 0 bridgehead atoms. The van der Waals surface area contributed by atoms with Crippen molar-refractivity contribution in [3.8, 4) is 11.5 Å². The van der Waals surface area contributed by atoms with Crippen LogP contribution in [0.15, 0.2) is 6.07 Å². The molecule has 6 heteroatoms. The van der Waals surface area contributed by atoms with Crippen molar-refractivity contribution in [2.75, 3.05) is 13.2 Å². The van der Waals surface area contributed by atoms with Crippen LogP contribution in [0, 0.1) is 0 Å². The van der Waals surface area contributed by atoms with E-state index >= 15 is 0 Å². The van der Waals surface area contributed by atoms with Crippen molar-refractivity contribution in [2.24, 2.45) is 0 Å². The lowest BCUT2D eigenvalue weighted by Crippen LogP contribution is -2.19. The minimum atomic E-state index is -1.00. The molecule has 0 radical (unpaired) electrons. The maximum absolute atomic E-state index is 10.9. The van der Waals surface area contributed by atoms with E-state index in [9.17, 15) is 9.59 Å². The minimum Gasteiger partial charge on any atom is -0.486 e. The first-order chi connectivity index (χ1) is 8.13. The third kappa shape index (κ3) is 2.19. The van der Waals surface area contributed by atoms with Gasteiger partial charge >= 0.3 is 5.97 Å². The fourth-order valence-electron chi connectivity index (χ4n) is 1.67. The Morgan fingerprint density at radius 2 is 2.06 bits per heavy atom. The van der Waals surface area contributed by atoms with Gasteiger partial charge in [0.2, 0.25) is 0 Å². The van der Waals surface area contributed by atoms with Crippen LogP contribution in [0.25, 0.3) is 0 Å². The number of benzene rings is 1. The highest BCUT2D eigenvalue weighted by molar-refractivity contribution is 6.33. The predicted octanol–water partition coefficient (Wildman–Crippen LogP) is 1.55. The van der Waals surface area contributed by atoms with Gasteiger partial charge in [-0.1, -0.05) is 11.6 Å². The summed E-state index contributed by atoms with van der Waals surface area (Å²) >= 11 is 5.89. The summed E-state index contributed by atoms with van der Waals surface area (Å²) in [6.45, 7) is 0.625. The van der Waals surface area contributed by atoms with E-state index in [1.54, 1.807) is 0 Å². The van der Waals surface area contributed by atoms with Gasteiger partial charge in [0.1, 0.15) is 13.2 Å². The van der Waals surface area contributed by atoms with Gasteiger partial charge in [0.05, 0.1) is 17.0 Å². The largest absolute Gasteiger partial charge is 0.486 e. The lowest BCUT2D eigenvalue weighted by atomic mass is 10.1. The highest BCUT2D eigenvalue weighted by Crippen LogP contribution is 2.40. The number of aliphatic carboxylic acids is 1. The summed E-state index contributed by atoms with van der Waals surface area (Å²) in [5, 5.41) is 8.94. The zero-order valence-electron chi connectivity index (χ0n) is 8.73. The molecule has 2 rings (SSSR count). The molecule has 0 aromatic heterocycles. The van der Waals surface area contributed by atoms with Crippen molar-refractivity contribution in [1.82, 2.24) is 0 Å². The molecule has 0 aliphatic carbocycles. The summed E-state index contributed by atoms with van der Waals surface area (Å²) in [6.07, 6.45) is 0.338. The lowest BCUT2D eigenvalue weighted by molar-refractivity contribution is -0.136. The Labute approximate surface area is 102 Å². The first-order valence-electron chi connectivity index (χ1n) is 4.91. The number of ether oxygens (including phenoxy) is 2. The predicted molar refractivity (Wildman–Crippen MR) is 59.2 cm³/mol. The topological polar surface area (TPSA) is 72.8 Å². The molecule has 1 aromatic carbocycles. The molecule has 1 aliphatic heterocycles. The third-order valence-electron chi connectivity index (χ3n) is 2.34. The van der Waals surface area contributed by atoms with Gasteiger partial charge < -0.3 is 14.6 Å². The number of hydrogen-bond acceptors (Lipinski definition) is 4. The number of rotatable bonds is 3. The molecule has 0 atom stereocenters. The van der Waals surface area contributed by atoms with Crippen LogP contribution >= 0.6 is 11.6 Å². The molecule has 1 aliphatic rings. The van der Waals surface area contributed by atoms with Crippen LogP contribution in [-0.4, -0.2) is 30.6 Å². The average Bonchev–Trinajstić information content (AvgIpc) is 2.28. The van der Waals surface area contributed by atoms with Crippen LogP contribution in [0.3, 0.4) is 0 Å². The Hall–Kier alpha value is -1.75. The van der Waals surface area contributed by atoms with Gasteiger partial charge in [0.25, 0.3) is 0 Å². The summed E-state index contributed by atoms with van der Waals surface area (Å²) in [5.74, 6) is -0.476. The summed E-state index contributed by atoms with van der Waals surface area (Å²) in [4.78, 5) is 21.6. The molecule has 0 unspecified atom stereocenters. The SMILES string of the molecule is O=Cc1c(Cl)cc(CC(=O)O)c2c1OCCO2. The Morgan fingerprint density at radius 3 is 2.65 bits per heavy atom. The van der Waals surface area contributed by atoms with Crippen molar-refractivity contribution in [3.05, 3.63) is 22.2 Å². The number of fused-ring (bicyclic) bond motifs is 1. The second-order valence-corrected chi connectivity index (χ2v) is 3.88. The Balaban J connectivity index is 2.57. The molecule has 0 saturated heterocycles. The van der Waals surface area contributed by atoms with E-state index < -0.39 is 5.97 Å². The summed E-state index contributed by atoms with van der Waals surface area (Å²) < 4.78 is 10.7. The molecule has 17 heavy (non-hydrogen) atoms. The molecule has 90 valence electrons.